The number of sulfone groups is 1. The SMILES string of the molecule is CCOC(=O)Cn1c(=NC(=O)CS(=O)(=O)CC(=O)Nc2nccs2)sc2cc(C)ccc21. The molecule has 0 saturated heterocycles. The van der Waals surface area contributed by atoms with Gasteiger partial charge in [0.1, 0.15) is 18.1 Å². The molecule has 1 aromatic carbocycles. The van der Waals surface area contributed by atoms with Crippen molar-refractivity contribution in [1.82, 2.24) is 9.55 Å². The number of aromatic nitrogens is 2. The van der Waals surface area contributed by atoms with E-state index in [0.717, 1.165) is 32.9 Å². The molecular formula is C19H20N4O6S3. The summed E-state index contributed by atoms with van der Waals surface area (Å²) in [6.07, 6.45) is 1.47. The van der Waals surface area contributed by atoms with Crippen LogP contribution in [0.1, 0.15) is 12.5 Å². The maximum atomic E-state index is 12.4. The van der Waals surface area contributed by atoms with Crippen molar-refractivity contribution >= 4 is 65.6 Å². The minimum absolute atomic E-state index is 0.172. The van der Waals surface area contributed by atoms with Crippen molar-refractivity contribution in [3.05, 3.63) is 40.1 Å². The van der Waals surface area contributed by atoms with E-state index in [1.54, 1.807) is 18.4 Å². The number of esters is 1. The number of hydrogen-bond acceptors (Lipinski definition) is 9. The zero-order chi connectivity index (χ0) is 23.3. The Morgan fingerprint density at radius 3 is 2.72 bits per heavy atom. The van der Waals surface area contributed by atoms with Gasteiger partial charge in [-0.25, -0.2) is 13.4 Å². The molecule has 170 valence electrons. The number of nitrogens with zero attached hydrogens (tertiary/aromatic N) is 3. The van der Waals surface area contributed by atoms with Crippen LogP contribution >= 0.6 is 22.7 Å². The van der Waals surface area contributed by atoms with Crippen LogP contribution in [0.5, 0.6) is 0 Å². The standard InChI is InChI=1S/C19H20N4O6S3/c1-3-29-17(26)9-23-13-5-4-12(2)8-14(13)31-19(23)22-16(25)11-32(27,28)10-15(24)21-18-20-6-7-30-18/h4-8H,3,9-11H2,1-2H3,(H,20,21,24). The van der Waals surface area contributed by atoms with E-state index in [2.05, 4.69) is 15.3 Å². The first kappa shape index (κ1) is 23.8. The van der Waals surface area contributed by atoms with Crippen LogP contribution in [-0.4, -0.2) is 53.9 Å². The topological polar surface area (TPSA) is 137 Å². The molecule has 13 heteroatoms. The first-order valence-electron chi connectivity index (χ1n) is 9.40. The summed E-state index contributed by atoms with van der Waals surface area (Å²) in [5, 5.41) is 4.26. The third kappa shape index (κ3) is 6.31. The van der Waals surface area contributed by atoms with Gasteiger partial charge in [-0.1, -0.05) is 17.4 Å². The van der Waals surface area contributed by atoms with Gasteiger partial charge in [-0.15, -0.1) is 11.3 Å². The third-order valence-electron chi connectivity index (χ3n) is 4.02. The summed E-state index contributed by atoms with van der Waals surface area (Å²) in [5.41, 5.74) is 1.65. The summed E-state index contributed by atoms with van der Waals surface area (Å²) in [4.78, 5) is 44.3. The van der Waals surface area contributed by atoms with Crippen molar-refractivity contribution in [2.75, 3.05) is 23.4 Å². The van der Waals surface area contributed by atoms with Crippen molar-refractivity contribution in [2.24, 2.45) is 4.99 Å². The van der Waals surface area contributed by atoms with Crippen LogP contribution in [0.15, 0.2) is 34.8 Å². The second-order valence-corrected chi connectivity index (χ2v) is 10.6. The number of anilines is 1. The Kier molecular flexibility index (Phi) is 7.53. The predicted octanol–water partition coefficient (Wildman–Crippen LogP) is 1.51. The van der Waals surface area contributed by atoms with Crippen LogP contribution in [0.4, 0.5) is 5.13 Å². The molecule has 2 heterocycles. The summed E-state index contributed by atoms with van der Waals surface area (Å²) in [5.74, 6) is -4.05. The molecule has 0 aliphatic rings. The van der Waals surface area contributed by atoms with Gasteiger partial charge in [0, 0.05) is 11.6 Å². The first-order chi connectivity index (χ1) is 15.2. The smallest absolute Gasteiger partial charge is 0.326 e. The number of aryl methyl sites for hydroxylation is 1. The number of amides is 2. The van der Waals surface area contributed by atoms with Crippen molar-refractivity contribution in [3.8, 4) is 0 Å². The average molecular weight is 497 g/mol. The zero-order valence-electron chi connectivity index (χ0n) is 17.2. The van der Waals surface area contributed by atoms with Gasteiger partial charge in [-0.2, -0.15) is 4.99 Å². The Morgan fingerprint density at radius 2 is 2.03 bits per heavy atom. The zero-order valence-corrected chi connectivity index (χ0v) is 19.7. The van der Waals surface area contributed by atoms with E-state index >= 15 is 0 Å². The van der Waals surface area contributed by atoms with E-state index in [-0.39, 0.29) is 23.1 Å². The van der Waals surface area contributed by atoms with Crippen LogP contribution in [0, 0.1) is 6.92 Å². The summed E-state index contributed by atoms with van der Waals surface area (Å²) in [6, 6.07) is 5.53. The molecule has 0 aliphatic heterocycles. The number of carbonyl (C=O) groups is 3. The van der Waals surface area contributed by atoms with Crippen molar-refractivity contribution in [2.45, 2.75) is 20.4 Å². The number of fused-ring (bicyclic) bond motifs is 1. The van der Waals surface area contributed by atoms with E-state index in [1.165, 1.54) is 10.8 Å². The summed E-state index contributed by atoms with van der Waals surface area (Å²) < 4.78 is 31.9. The molecule has 3 aromatic rings. The highest BCUT2D eigenvalue weighted by molar-refractivity contribution is 7.92. The molecular weight excluding hydrogens is 476 g/mol. The highest BCUT2D eigenvalue weighted by atomic mass is 32.2. The lowest BCUT2D eigenvalue weighted by Gasteiger charge is -2.05. The summed E-state index contributed by atoms with van der Waals surface area (Å²) >= 11 is 2.30. The number of ether oxygens (including phenoxy) is 1. The van der Waals surface area contributed by atoms with E-state index in [0.29, 0.717) is 5.52 Å². The van der Waals surface area contributed by atoms with Crippen LogP contribution < -0.4 is 10.1 Å². The molecule has 1 N–H and O–H groups in total. The molecule has 2 aromatic heterocycles. The molecule has 2 amide bonds. The highest BCUT2D eigenvalue weighted by Gasteiger charge is 2.22. The molecule has 10 nitrogen and oxygen atoms in total. The lowest BCUT2D eigenvalue weighted by Crippen LogP contribution is -2.28. The van der Waals surface area contributed by atoms with Crippen LogP contribution in [-0.2, 0) is 35.5 Å². The minimum Gasteiger partial charge on any atom is -0.465 e. The van der Waals surface area contributed by atoms with Crippen LogP contribution in [0.2, 0.25) is 0 Å². The fourth-order valence-electron chi connectivity index (χ4n) is 2.77. The molecule has 3 rings (SSSR count). The number of rotatable bonds is 8. The third-order valence-corrected chi connectivity index (χ3v) is 7.14. The van der Waals surface area contributed by atoms with Crippen molar-refractivity contribution in [1.29, 1.82) is 0 Å². The Morgan fingerprint density at radius 1 is 1.25 bits per heavy atom. The minimum atomic E-state index is -4.06. The van der Waals surface area contributed by atoms with Gasteiger partial charge in [0.25, 0.3) is 5.91 Å². The second-order valence-electron chi connectivity index (χ2n) is 6.67. The van der Waals surface area contributed by atoms with Gasteiger partial charge in [0.05, 0.1) is 16.8 Å². The lowest BCUT2D eigenvalue weighted by atomic mass is 10.2. The number of nitrogens with one attached hydrogen (secondary N) is 1. The largest absolute Gasteiger partial charge is 0.465 e. The van der Waals surface area contributed by atoms with Gasteiger partial charge in [-0.05, 0) is 31.5 Å². The van der Waals surface area contributed by atoms with Gasteiger partial charge < -0.3 is 14.6 Å². The molecule has 32 heavy (non-hydrogen) atoms. The maximum absolute atomic E-state index is 12.4. The van der Waals surface area contributed by atoms with Gasteiger partial charge >= 0.3 is 5.97 Å². The molecule has 0 atom stereocenters. The molecule has 0 saturated carbocycles. The number of thiazole rings is 2. The lowest BCUT2D eigenvalue weighted by molar-refractivity contribution is -0.143. The number of carbonyl (C=O) groups excluding carboxylic acids is 3. The van der Waals surface area contributed by atoms with E-state index < -0.39 is 39.1 Å². The fraction of sp³-hybridized carbons (Fsp3) is 0.316. The predicted molar refractivity (Wildman–Crippen MR) is 121 cm³/mol. The van der Waals surface area contributed by atoms with Crippen LogP contribution in [0.3, 0.4) is 0 Å². The number of benzene rings is 1. The average Bonchev–Trinajstić information content (AvgIpc) is 3.28. The van der Waals surface area contributed by atoms with E-state index in [9.17, 15) is 22.8 Å². The van der Waals surface area contributed by atoms with Gasteiger partial charge in [-0.3, -0.25) is 14.4 Å². The molecule has 0 spiro atoms. The molecule has 0 fully saturated rings. The van der Waals surface area contributed by atoms with E-state index in [1.807, 2.05) is 19.1 Å². The van der Waals surface area contributed by atoms with Crippen molar-refractivity contribution in [3.63, 3.8) is 0 Å². The fourth-order valence-corrected chi connectivity index (χ4v) is 5.48. The second kappa shape index (κ2) is 10.1. The Bertz CT molecular complexity index is 1320. The van der Waals surface area contributed by atoms with Crippen molar-refractivity contribution < 1.29 is 27.5 Å². The molecule has 0 bridgehead atoms. The summed E-state index contributed by atoms with van der Waals surface area (Å²) in [6.45, 7) is 3.61. The maximum Gasteiger partial charge on any atom is 0.326 e. The molecule has 0 radical (unpaired) electrons. The Balaban J connectivity index is 1.82. The molecule has 0 unspecified atom stereocenters. The number of hydrogen-bond donors (Lipinski definition) is 1. The first-order valence-corrected chi connectivity index (χ1v) is 12.9. The normalized spacial score (nSPS) is 12.1. The monoisotopic (exact) mass is 496 g/mol. The molecule has 0 aliphatic carbocycles. The van der Waals surface area contributed by atoms with E-state index in [4.69, 9.17) is 4.74 Å². The Hall–Kier alpha value is -2.90. The van der Waals surface area contributed by atoms with Crippen LogP contribution in [0.25, 0.3) is 10.2 Å². The van der Waals surface area contributed by atoms with Gasteiger partial charge in [0.2, 0.25) is 5.91 Å². The van der Waals surface area contributed by atoms with Gasteiger partial charge in [0.15, 0.2) is 19.8 Å². The summed E-state index contributed by atoms with van der Waals surface area (Å²) in [7, 11) is -4.06. The Labute approximate surface area is 191 Å². The highest BCUT2D eigenvalue weighted by Crippen LogP contribution is 2.19. The quantitative estimate of drug-likeness (QED) is 0.467.